The quantitative estimate of drug-likeness (QED) is 0.844. The van der Waals surface area contributed by atoms with Crippen LogP contribution in [0.4, 0.5) is 10.1 Å². The van der Waals surface area contributed by atoms with Crippen LogP contribution in [0, 0.1) is 11.7 Å². The zero-order valence-corrected chi connectivity index (χ0v) is 15.4. The van der Waals surface area contributed by atoms with E-state index in [1.165, 1.54) is 6.07 Å². The molecular formula is C20H26FN3O3. The monoisotopic (exact) mass is 375 g/mol. The van der Waals surface area contributed by atoms with Gasteiger partial charge in [0, 0.05) is 38.6 Å². The predicted molar refractivity (Wildman–Crippen MR) is 99.1 cm³/mol. The summed E-state index contributed by atoms with van der Waals surface area (Å²) in [6.45, 7) is 3.24. The van der Waals surface area contributed by atoms with Gasteiger partial charge < -0.3 is 20.2 Å². The molecular weight excluding hydrogens is 349 g/mol. The molecule has 3 saturated heterocycles. The van der Waals surface area contributed by atoms with Gasteiger partial charge in [-0.1, -0.05) is 12.1 Å². The number of nitrogens with zero attached hydrogens (tertiary/aromatic N) is 2. The SMILES string of the molecule is O=C1CC(C(=O)O)C2(CCN(C3CCN(c4ccccc4F)CC3)CC2)N1. The van der Waals surface area contributed by atoms with E-state index in [0.717, 1.165) is 39.0 Å². The molecule has 4 rings (SSSR count). The van der Waals surface area contributed by atoms with Crippen LogP contribution >= 0.6 is 0 Å². The second-order valence-corrected chi connectivity index (χ2v) is 8.00. The maximum atomic E-state index is 14.0. The van der Waals surface area contributed by atoms with E-state index in [9.17, 15) is 19.1 Å². The number of amides is 1. The van der Waals surface area contributed by atoms with Crippen LogP contribution in [-0.4, -0.2) is 59.6 Å². The summed E-state index contributed by atoms with van der Waals surface area (Å²) in [6.07, 6.45) is 3.40. The summed E-state index contributed by atoms with van der Waals surface area (Å²) in [7, 11) is 0. The van der Waals surface area contributed by atoms with Crippen LogP contribution in [0.1, 0.15) is 32.1 Å². The standard InChI is InChI=1S/C20H26FN3O3/c21-16-3-1-2-4-17(16)24-9-5-14(6-10-24)23-11-7-20(8-12-23)15(19(26)27)13-18(25)22-20/h1-4,14-15H,5-13H2,(H,22,25)(H,26,27). The lowest BCUT2D eigenvalue weighted by Crippen LogP contribution is -2.58. The van der Waals surface area contributed by atoms with Crippen LogP contribution in [-0.2, 0) is 9.59 Å². The van der Waals surface area contributed by atoms with Gasteiger partial charge in [-0.2, -0.15) is 0 Å². The Labute approximate surface area is 158 Å². The van der Waals surface area contributed by atoms with E-state index in [4.69, 9.17) is 0 Å². The third-order valence-corrected chi connectivity index (χ3v) is 6.61. The molecule has 0 aliphatic carbocycles. The third-order valence-electron chi connectivity index (χ3n) is 6.61. The molecule has 3 aliphatic heterocycles. The molecule has 1 unspecified atom stereocenters. The van der Waals surface area contributed by atoms with Crippen molar-refractivity contribution >= 4 is 17.6 Å². The number of nitrogens with one attached hydrogen (secondary N) is 1. The van der Waals surface area contributed by atoms with Crippen LogP contribution in [0.2, 0.25) is 0 Å². The number of para-hydroxylation sites is 1. The molecule has 1 spiro atoms. The lowest BCUT2D eigenvalue weighted by atomic mass is 9.77. The van der Waals surface area contributed by atoms with E-state index < -0.39 is 17.4 Å². The summed E-state index contributed by atoms with van der Waals surface area (Å²) in [5, 5.41) is 12.4. The van der Waals surface area contributed by atoms with Gasteiger partial charge in [-0.25, -0.2) is 4.39 Å². The van der Waals surface area contributed by atoms with Crippen molar-refractivity contribution in [1.82, 2.24) is 10.2 Å². The van der Waals surface area contributed by atoms with Gasteiger partial charge in [-0.05, 0) is 37.8 Å². The minimum absolute atomic E-state index is 0.0936. The molecule has 1 atom stereocenters. The molecule has 6 nitrogen and oxygen atoms in total. The highest BCUT2D eigenvalue weighted by atomic mass is 19.1. The number of carbonyl (C=O) groups is 2. The van der Waals surface area contributed by atoms with E-state index in [1.807, 2.05) is 12.1 Å². The molecule has 146 valence electrons. The lowest BCUT2D eigenvalue weighted by molar-refractivity contribution is -0.144. The largest absolute Gasteiger partial charge is 0.481 e. The Morgan fingerprint density at radius 1 is 1.15 bits per heavy atom. The number of piperidine rings is 2. The zero-order chi connectivity index (χ0) is 19.0. The van der Waals surface area contributed by atoms with E-state index in [1.54, 1.807) is 6.07 Å². The molecule has 3 heterocycles. The Hall–Kier alpha value is -2.15. The van der Waals surface area contributed by atoms with E-state index >= 15 is 0 Å². The number of carbonyl (C=O) groups excluding carboxylic acids is 1. The highest BCUT2D eigenvalue weighted by Gasteiger charge is 2.52. The molecule has 0 radical (unpaired) electrons. The maximum absolute atomic E-state index is 14.0. The van der Waals surface area contributed by atoms with Crippen LogP contribution in [0.3, 0.4) is 0 Å². The number of rotatable bonds is 3. The number of halogens is 1. The van der Waals surface area contributed by atoms with Crippen molar-refractivity contribution in [2.24, 2.45) is 5.92 Å². The predicted octanol–water partition coefficient (Wildman–Crippen LogP) is 1.85. The van der Waals surface area contributed by atoms with Gasteiger partial charge >= 0.3 is 5.97 Å². The average Bonchev–Trinajstić information content (AvgIpc) is 2.99. The number of carboxylic acid groups (broad SMARTS) is 1. The van der Waals surface area contributed by atoms with Crippen molar-refractivity contribution in [3.8, 4) is 0 Å². The van der Waals surface area contributed by atoms with E-state index in [-0.39, 0.29) is 18.1 Å². The van der Waals surface area contributed by atoms with E-state index in [0.29, 0.717) is 24.6 Å². The van der Waals surface area contributed by atoms with Crippen molar-refractivity contribution < 1.29 is 19.1 Å². The van der Waals surface area contributed by atoms with Gasteiger partial charge in [0.15, 0.2) is 0 Å². The number of hydrogen-bond donors (Lipinski definition) is 2. The first-order chi connectivity index (χ1) is 13.0. The highest BCUT2D eigenvalue weighted by Crippen LogP contribution is 2.38. The van der Waals surface area contributed by atoms with Crippen molar-refractivity contribution in [2.45, 2.75) is 43.7 Å². The molecule has 27 heavy (non-hydrogen) atoms. The van der Waals surface area contributed by atoms with Gasteiger partial charge in [-0.3, -0.25) is 9.59 Å². The molecule has 2 N–H and O–H groups in total. The molecule has 3 aliphatic rings. The topological polar surface area (TPSA) is 72.9 Å². The fraction of sp³-hybridized carbons (Fsp3) is 0.600. The number of likely N-dealkylation sites (tertiary alicyclic amines) is 1. The fourth-order valence-electron chi connectivity index (χ4n) is 5.06. The minimum Gasteiger partial charge on any atom is -0.481 e. The molecule has 0 bridgehead atoms. The first-order valence-corrected chi connectivity index (χ1v) is 9.76. The number of anilines is 1. The minimum atomic E-state index is -0.875. The summed E-state index contributed by atoms with van der Waals surface area (Å²) in [5.41, 5.74) is 0.0966. The average molecular weight is 375 g/mol. The molecule has 3 fully saturated rings. The molecule has 1 aromatic rings. The Morgan fingerprint density at radius 3 is 2.44 bits per heavy atom. The van der Waals surface area contributed by atoms with Crippen molar-refractivity contribution in [3.63, 3.8) is 0 Å². The van der Waals surface area contributed by atoms with Gasteiger partial charge in [0.1, 0.15) is 5.82 Å². The number of hydrogen-bond acceptors (Lipinski definition) is 4. The molecule has 0 saturated carbocycles. The summed E-state index contributed by atoms with van der Waals surface area (Å²) >= 11 is 0. The van der Waals surface area contributed by atoms with Crippen LogP contribution in [0.5, 0.6) is 0 Å². The number of carboxylic acids is 1. The van der Waals surface area contributed by atoms with Gasteiger partial charge in [0.05, 0.1) is 17.1 Å². The maximum Gasteiger partial charge on any atom is 0.309 e. The van der Waals surface area contributed by atoms with Crippen molar-refractivity contribution in [3.05, 3.63) is 30.1 Å². The molecule has 1 amide bonds. The van der Waals surface area contributed by atoms with Gasteiger partial charge in [-0.15, -0.1) is 0 Å². The first-order valence-electron chi connectivity index (χ1n) is 9.76. The Bertz CT molecular complexity index is 725. The Balaban J connectivity index is 1.34. The third kappa shape index (κ3) is 3.40. The van der Waals surface area contributed by atoms with Gasteiger partial charge in [0.2, 0.25) is 5.91 Å². The number of aliphatic carboxylic acids is 1. The summed E-state index contributed by atoms with van der Waals surface area (Å²) < 4.78 is 14.0. The molecule has 0 aromatic heterocycles. The van der Waals surface area contributed by atoms with Crippen LogP contribution in [0.15, 0.2) is 24.3 Å². The highest BCUT2D eigenvalue weighted by molar-refractivity contribution is 5.88. The van der Waals surface area contributed by atoms with E-state index in [2.05, 4.69) is 15.1 Å². The van der Waals surface area contributed by atoms with Crippen molar-refractivity contribution in [1.29, 1.82) is 0 Å². The molecule has 7 heteroatoms. The van der Waals surface area contributed by atoms with Gasteiger partial charge in [0.25, 0.3) is 0 Å². The summed E-state index contributed by atoms with van der Waals surface area (Å²) in [4.78, 5) is 27.9. The summed E-state index contributed by atoms with van der Waals surface area (Å²) in [5.74, 6) is -1.81. The van der Waals surface area contributed by atoms with Crippen LogP contribution in [0.25, 0.3) is 0 Å². The second-order valence-electron chi connectivity index (χ2n) is 8.00. The van der Waals surface area contributed by atoms with Crippen LogP contribution < -0.4 is 10.2 Å². The second kappa shape index (κ2) is 7.11. The first kappa shape index (κ1) is 18.2. The fourth-order valence-corrected chi connectivity index (χ4v) is 5.06. The van der Waals surface area contributed by atoms with Crippen molar-refractivity contribution in [2.75, 3.05) is 31.1 Å². The molecule has 1 aromatic carbocycles. The normalized spacial score (nSPS) is 26.3. The lowest BCUT2D eigenvalue weighted by Gasteiger charge is -2.46. The number of benzene rings is 1. The summed E-state index contributed by atoms with van der Waals surface area (Å²) in [6, 6.07) is 7.34. The Morgan fingerprint density at radius 2 is 1.81 bits per heavy atom. The Kier molecular flexibility index (Phi) is 4.80. The zero-order valence-electron chi connectivity index (χ0n) is 15.4. The smallest absolute Gasteiger partial charge is 0.309 e.